The van der Waals surface area contributed by atoms with E-state index >= 15 is 0 Å². The molecule has 0 aliphatic heterocycles. The number of nitrogens with two attached hydrogens (primary N) is 1. The van der Waals surface area contributed by atoms with Gasteiger partial charge in [-0.25, -0.2) is 4.79 Å². The fourth-order valence-corrected chi connectivity index (χ4v) is 1.43. The first-order chi connectivity index (χ1) is 8.77. The molecule has 0 aliphatic rings. The summed E-state index contributed by atoms with van der Waals surface area (Å²) in [4.78, 5) is 21.5. The van der Waals surface area contributed by atoms with Gasteiger partial charge in [0.2, 0.25) is 0 Å². The fraction of sp³-hybridized carbons (Fsp3) is 0.417. The van der Waals surface area contributed by atoms with Gasteiger partial charge >= 0.3 is 5.97 Å². The number of methoxy groups -OCH3 is 1. The Morgan fingerprint density at radius 2 is 2.16 bits per heavy atom. The molecule has 0 aliphatic carbocycles. The summed E-state index contributed by atoms with van der Waals surface area (Å²) in [6.07, 6.45) is 0. The van der Waals surface area contributed by atoms with Gasteiger partial charge in [0, 0.05) is 12.1 Å². The predicted octanol–water partition coefficient (Wildman–Crippen LogP) is 1.17. The molecular weight excluding hydrogens is 252 g/mol. The van der Waals surface area contributed by atoms with Crippen LogP contribution in [0.15, 0.2) is 18.2 Å². The van der Waals surface area contributed by atoms with Crippen molar-refractivity contribution in [3.63, 3.8) is 0 Å². The predicted molar refractivity (Wildman–Crippen MR) is 67.9 cm³/mol. The maximum Gasteiger partial charge on any atom is 0.329 e. The zero-order valence-electron chi connectivity index (χ0n) is 11.0. The summed E-state index contributed by atoms with van der Waals surface area (Å²) >= 11 is 0. The number of nitrogens with zero attached hydrogens (tertiary/aromatic N) is 1. The van der Waals surface area contributed by atoms with Gasteiger partial charge in [-0.15, -0.1) is 0 Å². The highest BCUT2D eigenvalue weighted by Crippen LogP contribution is 2.23. The minimum absolute atomic E-state index is 0.0201. The van der Waals surface area contributed by atoms with Crippen LogP contribution in [0.25, 0.3) is 0 Å². The molecule has 0 radical (unpaired) electrons. The molecule has 2 N–H and O–H groups in total. The van der Waals surface area contributed by atoms with Crippen LogP contribution in [0, 0.1) is 17.0 Å². The number of nitro benzene ring substituents is 1. The van der Waals surface area contributed by atoms with Crippen molar-refractivity contribution >= 4 is 11.7 Å². The number of esters is 1. The molecule has 0 bridgehead atoms. The first-order valence-electron chi connectivity index (χ1n) is 5.53. The van der Waals surface area contributed by atoms with E-state index in [0.717, 1.165) is 0 Å². The third-order valence-corrected chi connectivity index (χ3v) is 2.55. The van der Waals surface area contributed by atoms with E-state index in [-0.39, 0.29) is 12.3 Å². The van der Waals surface area contributed by atoms with Crippen LogP contribution in [-0.2, 0) is 9.53 Å². The van der Waals surface area contributed by atoms with Crippen molar-refractivity contribution in [2.75, 3.05) is 13.7 Å². The first kappa shape index (κ1) is 14.9. The second-order valence-electron chi connectivity index (χ2n) is 4.40. The normalized spacial score (nSPS) is 13.5. The summed E-state index contributed by atoms with van der Waals surface area (Å²) < 4.78 is 9.96. The first-order valence-corrected chi connectivity index (χ1v) is 5.53. The highest BCUT2D eigenvalue weighted by atomic mass is 16.6. The lowest BCUT2D eigenvalue weighted by atomic mass is 10.1. The Morgan fingerprint density at radius 3 is 2.63 bits per heavy atom. The van der Waals surface area contributed by atoms with Crippen LogP contribution in [0.3, 0.4) is 0 Å². The van der Waals surface area contributed by atoms with Crippen LogP contribution >= 0.6 is 0 Å². The van der Waals surface area contributed by atoms with Crippen molar-refractivity contribution in [1.29, 1.82) is 0 Å². The molecule has 0 amide bonds. The lowest BCUT2D eigenvalue weighted by Gasteiger charge is -2.22. The number of carbonyl (C=O) groups excluding carboxylic acids is 1. The molecule has 0 fully saturated rings. The topological polar surface area (TPSA) is 105 Å². The average Bonchev–Trinajstić information content (AvgIpc) is 2.36. The molecule has 1 atom stereocenters. The molecule has 7 nitrogen and oxygen atoms in total. The highest BCUT2D eigenvalue weighted by Gasteiger charge is 2.30. The Morgan fingerprint density at radius 1 is 1.53 bits per heavy atom. The molecule has 19 heavy (non-hydrogen) atoms. The molecule has 0 aromatic heterocycles. The highest BCUT2D eigenvalue weighted by molar-refractivity contribution is 5.80. The van der Waals surface area contributed by atoms with Gasteiger partial charge in [-0.1, -0.05) is 0 Å². The van der Waals surface area contributed by atoms with E-state index in [9.17, 15) is 14.9 Å². The minimum atomic E-state index is -1.27. The van der Waals surface area contributed by atoms with E-state index in [1.807, 2.05) is 0 Å². The van der Waals surface area contributed by atoms with Gasteiger partial charge in [0.1, 0.15) is 17.9 Å². The Kier molecular flexibility index (Phi) is 4.44. The molecule has 0 spiro atoms. The van der Waals surface area contributed by atoms with Crippen LogP contribution in [-0.4, -0.2) is 30.1 Å². The number of carbonyl (C=O) groups is 1. The number of non-ortho nitro benzene ring substituents is 1. The van der Waals surface area contributed by atoms with Gasteiger partial charge in [-0.05, 0) is 25.5 Å². The van der Waals surface area contributed by atoms with Crippen molar-refractivity contribution < 1.29 is 19.2 Å². The van der Waals surface area contributed by atoms with Gasteiger partial charge in [0.05, 0.1) is 12.0 Å². The molecule has 1 unspecified atom stereocenters. The quantitative estimate of drug-likeness (QED) is 0.488. The standard InChI is InChI=1S/C12H16N2O5/c1-8-6-9(14(16)17)4-5-10(8)19-7-12(2,13)11(15)18-3/h4-6H,7,13H2,1-3H3. The Labute approximate surface area is 110 Å². The van der Waals surface area contributed by atoms with E-state index < -0.39 is 16.4 Å². The number of rotatable bonds is 5. The fourth-order valence-electron chi connectivity index (χ4n) is 1.43. The number of nitro groups is 1. The third kappa shape index (κ3) is 3.65. The van der Waals surface area contributed by atoms with Crippen molar-refractivity contribution in [3.8, 4) is 5.75 Å². The number of ether oxygens (including phenoxy) is 2. The van der Waals surface area contributed by atoms with Crippen LogP contribution in [0.4, 0.5) is 5.69 Å². The van der Waals surface area contributed by atoms with Gasteiger partial charge in [0.15, 0.2) is 0 Å². The monoisotopic (exact) mass is 268 g/mol. The van der Waals surface area contributed by atoms with Gasteiger partial charge in [0.25, 0.3) is 5.69 Å². The van der Waals surface area contributed by atoms with Crippen LogP contribution < -0.4 is 10.5 Å². The van der Waals surface area contributed by atoms with E-state index in [4.69, 9.17) is 10.5 Å². The number of hydrogen-bond donors (Lipinski definition) is 1. The van der Waals surface area contributed by atoms with Crippen molar-refractivity contribution in [2.24, 2.45) is 5.73 Å². The second kappa shape index (κ2) is 5.66. The zero-order chi connectivity index (χ0) is 14.6. The summed E-state index contributed by atoms with van der Waals surface area (Å²) in [5, 5.41) is 10.6. The summed E-state index contributed by atoms with van der Waals surface area (Å²) in [6.45, 7) is 3.08. The van der Waals surface area contributed by atoms with Crippen molar-refractivity contribution in [3.05, 3.63) is 33.9 Å². The average molecular weight is 268 g/mol. The lowest BCUT2D eigenvalue weighted by Crippen LogP contribution is -2.50. The molecule has 1 aromatic carbocycles. The molecule has 0 saturated heterocycles. The van der Waals surface area contributed by atoms with E-state index in [1.54, 1.807) is 6.92 Å². The molecular formula is C12H16N2O5. The minimum Gasteiger partial charge on any atom is -0.491 e. The van der Waals surface area contributed by atoms with E-state index in [0.29, 0.717) is 11.3 Å². The molecule has 1 rings (SSSR count). The van der Waals surface area contributed by atoms with Gasteiger partial charge < -0.3 is 15.2 Å². The molecule has 7 heteroatoms. The van der Waals surface area contributed by atoms with Crippen molar-refractivity contribution in [1.82, 2.24) is 0 Å². The molecule has 0 saturated carbocycles. The molecule has 0 heterocycles. The summed E-state index contributed by atoms with van der Waals surface area (Å²) in [6, 6.07) is 4.19. The van der Waals surface area contributed by atoms with E-state index in [2.05, 4.69) is 4.74 Å². The molecule has 1 aromatic rings. The van der Waals surface area contributed by atoms with Crippen LogP contribution in [0.5, 0.6) is 5.75 Å². The van der Waals surface area contributed by atoms with Crippen LogP contribution in [0.1, 0.15) is 12.5 Å². The Hall–Kier alpha value is -2.15. The zero-order valence-corrected chi connectivity index (χ0v) is 11.0. The maximum absolute atomic E-state index is 11.4. The van der Waals surface area contributed by atoms with Gasteiger partial charge in [-0.3, -0.25) is 10.1 Å². The summed E-state index contributed by atoms with van der Waals surface area (Å²) in [7, 11) is 1.24. The van der Waals surface area contributed by atoms with E-state index in [1.165, 1.54) is 32.2 Å². The van der Waals surface area contributed by atoms with Crippen LogP contribution in [0.2, 0.25) is 0 Å². The number of aryl methyl sites for hydroxylation is 1. The van der Waals surface area contributed by atoms with Gasteiger partial charge in [-0.2, -0.15) is 0 Å². The second-order valence-corrected chi connectivity index (χ2v) is 4.40. The lowest BCUT2D eigenvalue weighted by molar-refractivity contribution is -0.384. The summed E-state index contributed by atoms with van der Waals surface area (Å²) in [5.41, 5.74) is 5.04. The number of benzene rings is 1. The summed E-state index contributed by atoms with van der Waals surface area (Å²) in [5.74, 6) is -0.154. The SMILES string of the molecule is COC(=O)C(C)(N)COc1ccc([N+](=O)[O-])cc1C. The Balaban J connectivity index is 2.79. The maximum atomic E-state index is 11.4. The van der Waals surface area contributed by atoms with Crippen molar-refractivity contribution in [2.45, 2.75) is 19.4 Å². The smallest absolute Gasteiger partial charge is 0.329 e. The largest absolute Gasteiger partial charge is 0.491 e. The Bertz CT molecular complexity index is 499. The molecule has 104 valence electrons. The third-order valence-electron chi connectivity index (χ3n) is 2.55. The number of hydrogen-bond acceptors (Lipinski definition) is 6.